The van der Waals surface area contributed by atoms with Crippen molar-refractivity contribution in [1.29, 1.82) is 0 Å². The minimum absolute atomic E-state index is 0.162. The highest BCUT2D eigenvalue weighted by Crippen LogP contribution is 2.68. The quantitative estimate of drug-likeness (QED) is 0.591. The van der Waals surface area contributed by atoms with Gasteiger partial charge in [-0.25, -0.2) is 0 Å². The zero-order chi connectivity index (χ0) is 21.0. The van der Waals surface area contributed by atoms with Gasteiger partial charge >= 0.3 is 0 Å². The summed E-state index contributed by atoms with van der Waals surface area (Å²) in [5.74, 6) is 4.32. The highest BCUT2D eigenvalue weighted by molar-refractivity contribution is 5.11. The van der Waals surface area contributed by atoms with Crippen LogP contribution in [-0.2, 0) is 0 Å². The van der Waals surface area contributed by atoms with E-state index in [4.69, 9.17) is 0 Å². The Balaban J connectivity index is 1.48. The Hall–Kier alpha value is -0.120. The monoisotopic (exact) mass is 406 g/mol. The van der Waals surface area contributed by atoms with Crippen LogP contribution in [0, 0.1) is 46.3 Å². The molecule has 0 spiro atoms. The summed E-state index contributed by atoms with van der Waals surface area (Å²) in [6.45, 7) is 9.46. The van der Waals surface area contributed by atoms with E-state index in [1.54, 1.807) is 0 Å². The van der Waals surface area contributed by atoms with Gasteiger partial charge in [-0.15, -0.1) is 0 Å². The Morgan fingerprint density at radius 3 is 2.17 bits per heavy atom. The third kappa shape index (κ3) is 3.61. The molecule has 1 unspecified atom stereocenters. The van der Waals surface area contributed by atoms with Gasteiger partial charge in [0, 0.05) is 0 Å². The highest BCUT2D eigenvalue weighted by atomic mass is 16.3. The van der Waals surface area contributed by atoms with Crippen LogP contribution in [-0.4, -0.2) is 33.6 Å². The predicted molar refractivity (Wildman–Crippen MR) is 117 cm³/mol. The van der Waals surface area contributed by atoms with E-state index in [0.29, 0.717) is 11.3 Å². The molecule has 0 heterocycles. The fourth-order valence-corrected chi connectivity index (χ4v) is 9.23. The Morgan fingerprint density at radius 1 is 0.793 bits per heavy atom. The molecule has 4 aliphatic carbocycles. The van der Waals surface area contributed by atoms with Crippen molar-refractivity contribution >= 4 is 0 Å². The van der Waals surface area contributed by atoms with Gasteiger partial charge in [-0.2, -0.15) is 0 Å². The minimum Gasteiger partial charge on any atom is -0.393 e. The molecule has 29 heavy (non-hydrogen) atoms. The normalized spacial score (nSPS) is 51.6. The van der Waals surface area contributed by atoms with Crippen LogP contribution in [0.25, 0.3) is 0 Å². The van der Waals surface area contributed by atoms with Gasteiger partial charge in [0.25, 0.3) is 0 Å². The van der Waals surface area contributed by atoms with Gasteiger partial charge in [-0.3, -0.25) is 0 Å². The Kier molecular flexibility index (Phi) is 6.17. The average molecular weight is 407 g/mol. The molecule has 0 bridgehead atoms. The van der Waals surface area contributed by atoms with E-state index in [1.807, 2.05) is 6.92 Å². The maximum Gasteiger partial charge on any atom is 0.0832 e. The minimum atomic E-state index is -0.506. The van der Waals surface area contributed by atoms with Crippen molar-refractivity contribution in [3.05, 3.63) is 0 Å². The molecule has 168 valence electrons. The molecule has 0 aromatic rings. The number of fused-ring (bicyclic) bond motifs is 5. The lowest BCUT2D eigenvalue weighted by atomic mass is 9.44. The summed E-state index contributed by atoms with van der Waals surface area (Å²) in [6, 6.07) is 0. The zero-order valence-electron chi connectivity index (χ0n) is 19.3. The van der Waals surface area contributed by atoms with E-state index in [9.17, 15) is 15.3 Å². The first kappa shape index (κ1) is 22.1. The fraction of sp³-hybridized carbons (Fsp3) is 1.00. The molecule has 3 heteroatoms. The lowest BCUT2D eigenvalue weighted by molar-refractivity contribution is -0.174. The molecule has 0 aromatic carbocycles. The van der Waals surface area contributed by atoms with Gasteiger partial charge in [0.2, 0.25) is 0 Å². The van der Waals surface area contributed by atoms with Gasteiger partial charge < -0.3 is 15.3 Å². The van der Waals surface area contributed by atoms with Crippen LogP contribution in [0.5, 0.6) is 0 Å². The molecular weight excluding hydrogens is 360 g/mol. The van der Waals surface area contributed by atoms with Crippen LogP contribution in [0.1, 0.15) is 98.3 Å². The first-order valence-electron chi connectivity index (χ1n) is 12.7. The van der Waals surface area contributed by atoms with Crippen molar-refractivity contribution in [2.75, 3.05) is 0 Å². The summed E-state index contributed by atoms with van der Waals surface area (Å²) >= 11 is 0. The van der Waals surface area contributed by atoms with Gasteiger partial charge in [-0.1, -0.05) is 33.6 Å². The first-order valence-corrected chi connectivity index (χ1v) is 12.7. The van der Waals surface area contributed by atoms with Crippen molar-refractivity contribution in [2.24, 2.45) is 46.3 Å². The SMILES string of the molecule is CC(O)CCC[C@@H](C)[C@H]1CC[C@H]2[C@@H]3CC[C@H]4[C@@H](O)[C@@H](O)CC[C@]4(C)[C@H]3CC[C@]12C. The second-order valence-corrected chi connectivity index (χ2v) is 12.1. The van der Waals surface area contributed by atoms with E-state index in [2.05, 4.69) is 20.8 Å². The molecule has 0 saturated heterocycles. The van der Waals surface area contributed by atoms with Crippen LogP contribution in [0.2, 0.25) is 0 Å². The van der Waals surface area contributed by atoms with Crippen molar-refractivity contribution in [2.45, 2.75) is 117 Å². The van der Waals surface area contributed by atoms with E-state index < -0.39 is 12.2 Å². The lowest BCUT2D eigenvalue weighted by Gasteiger charge is -2.62. The van der Waals surface area contributed by atoms with Crippen LogP contribution in [0.3, 0.4) is 0 Å². The maximum absolute atomic E-state index is 10.7. The third-order valence-corrected chi connectivity index (χ3v) is 10.8. The van der Waals surface area contributed by atoms with Gasteiger partial charge in [-0.05, 0) is 111 Å². The molecule has 0 radical (unpaired) electrons. The van der Waals surface area contributed by atoms with E-state index >= 15 is 0 Å². The van der Waals surface area contributed by atoms with Crippen LogP contribution in [0.15, 0.2) is 0 Å². The van der Waals surface area contributed by atoms with E-state index in [0.717, 1.165) is 61.7 Å². The highest BCUT2D eigenvalue weighted by Gasteiger charge is 2.61. The van der Waals surface area contributed by atoms with E-state index in [-0.39, 0.29) is 11.5 Å². The second kappa shape index (κ2) is 8.10. The average Bonchev–Trinajstić information content (AvgIpc) is 3.02. The maximum atomic E-state index is 10.7. The smallest absolute Gasteiger partial charge is 0.0832 e. The summed E-state index contributed by atoms with van der Waals surface area (Å²) in [7, 11) is 0. The Bertz CT molecular complexity index is 576. The standard InChI is InChI=1S/C26H46O3/c1-16(6-5-7-17(2)27)19-10-11-20-18-8-9-22-24(29)23(28)13-15-26(22,4)21(18)12-14-25(19,20)3/h16-24,27-29H,5-15H2,1-4H3/t16-,17?,18+,19-,20+,21+,22+,23+,24-,25-,26-/m1/s1. The predicted octanol–water partition coefficient (Wildman–Crippen LogP) is 5.16. The number of hydrogen-bond donors (Lipinski definition) is 3. The summed E-state index contributed by atoms with van der Waals surface area (Å²) in [4.78, 5) is 0. The molecule has 0 amide bonds. The Morgan fingerprint density at radius 2 is 1.45 bits per heavy atom. The first-order chi connectivity index (χ1) is 13.7. The molecule has 4 fully saturated rings. The molecular formula is C26H46O3. The number of hydrogen-bond acceptors (Lipinski definition) is 3. The summed E-state index contributed by atoms with van der Waals surface area (Å²) < 4.78 is 0. The number of aliphatic hydroxyl groups is 3. The summed E-state index contributed by atoms with van der Waals surface area (Å²) in [5, 5.41) is 30.6. The van der Waals surface area contributed by atoms with Crippen LogP contribution < -0.4 is 0 Å². The zero-order valence-corrected chi connectivity index (χ0v) is 19.3. The lowest BCUT2D eigenvalue weighted by Crippen LogP contribution is -2.58. The van der Waals surface area contributed by atoms with Crippen LogP contribution in [0.4, 0.5) is 0 Å². The largest absolute Gasteiger partial charge is 0.393 e. The van der Waals surface area contributed by atoms with Crippen LogP contribution >= 0.6 is 0 Å². The second-order valence-electron chi connectivity index (χ2n) is 12.1. The fourth-order valence-electron chi connectivity index (χ4n) is 9.23. The van der Waals surface area contributed by atoms with Gasteiger partial charge in [0.05, 0.1) is 18.3 Å². The topological polar surface area (TPSA) is 60.7 Å². The molecule has 4 saturated carbocycles. The van der Waals surface area contributed by atoms with Crippen molar-refractivity contribution in [3.8, 4) is 0 Å². The molecule has 4 aliphatic rings. The number of rotatable bonds is 5. The molecule has 4 rings (SSSR count). The summed E-state index contributed by atoms with van der Waals surface area (Å²) in [6.07, 6.45) is 11.9. The molecule has 3 nitrogen and oxygen atoms in total. The molecule has 11 atom stereocenters. The summed E-state index contributed by atoms with van der Waals surface area (Å²) in [5.41, 5.74) is 0.714. The van der Waals surface area contributed by atoms with Crippen molar-refractivity contribution in [3.63, 3.8) is 0 Å². The van der Waals surface area contributed by atoms with E-state index in [1.165, 1.54) is 38.5 Å². The third-order valence-electron chi connectivity index (χ3n) is 10.8. The van der Waals surface area contributed by atoms with Gasteiger partial charge in [0.1, 0.15) is 0 Å². The van der Waals surface area contributed by atoms with Gasteiger partial charge in [0.15, 0.2) is 0 Å². The molecule has 0 aliphatic heterocycles. The Labute approximate surface area is 178 Å². The molecule has 0 aromatic heterocycles. The van der Waals surface area contributed by atoms with Crippen molar-refractivity contribution < 1.29 is 15.3 Å². The van der Waals surface area contributed by atoms with Crippen molar-refractivity contribution in [1.82, 2.24) is 0 Å². The molecule has 3 N–H and O–H groups in total. The number of aliphatic hydroxyl groups excluding tert-OH is 3.